The van der Waals surface area contributed by atoms with Crippen molar-refractivity contribution in [1.29, 1.82) is 0 Å². The van der Waals surface area contributed by atoms with Gasteiger partial charge in [0.05, 0.1) is 23.3 Å². The van der Waals surface area contributed by atoms with Crippen molar-refractivity contribution < 1.29 is 18.9 Å². The Bertz CT molecular complexity index is 1800. The number of hydrogen-bond donors (Lipinski definition) is 0. The highest BCUT2D eigenvalue weighted by Crippen LogP contribution is 2.42. The number of pyridine rings is 2. The average Bonchev–Trinajstić information content (AvgIpc) is 3.63. The lowest BCUT2D eigenvalue weighted by Gasteiger charge is -2.19. The Morgan fingerprint density at radius 1 is 1.02 bits per heavy atom. The molecule has 7 rings (SSSR count). The van der Waals surface area contributed by atoms with E-state index in [0.717, 1.165) is 51.9 Å². The lowest BCUT2D eigenvalue weighted by Crippen LogP contribution is -2.27. The first kappa shape index (κ1) is 27.1. The first-order valence-electron chi connectivity index (χ1n) is 14.2. The molecular formula is C31H32ClN5O4Si. The van der Waals surface area contributed by atoms with Crippen LogP contribution in [0.3, 0.4) is 0 Å². The van der Waals surface area contributed by atoms with Crippen LogP contribution in [-0.2, 0) is 18.1 Å². The molecule has 1 fully saturated rings. The number of halogens is 1. The zero-order valence-corrected chi connectivity index (χ0v) is 25.6. The van der Waals surface area contributed by atoms with Gasteiger partial charge in [-0.2, -0.15) is 9.97 Å². The second kappa shape index (κ2) is 10.5. The van der Waals surface area contributed by atoms with E-state index in [4.69, 9.17) is 30.5 Å². The molecular weight excluding hydrogens is 570 g/mol. The van der Waals surface area contributed by atoms with Gasteiger partial charge in [-0.1, -0.05) is 25.7 Å². The Balaban J connectivity index is 1.35. The highest BCUT2D eigenvalue weighted by Gasteiger charge is 2.47. The third-order valence-electron chi connectivity index (χ3n) is 7.64. The van der Waals surface area contributed by atoms with Crippen LogP contribution in [0.25, 0.3) is 33.1 Å². The van der Waals surface area contributed by atoms with Gasteiger partial charge in [0.15, 0.2) is 5.65 Å². The van der Waals surface area contributed by atoms with Crippen molar-refractivity contribution in [1.82, 2.24) is 24.5 Å². The van der Waals surface area contributed by atoms with Gasteiger partial charge in [-0.15, -0.1) is 0 Å². The van der Waals surface area contributed by atoms with E-state index in [2.05, 4.69) is 51.7 Å². The van der Waals surface area contributed by atoms with Crippen LogP contribution in [0.4, 0.5) is 0 Å². The summed E-state index contributed by atoms with van der Waals surface area (Å²) in [7, 11) is -1.23. The molecule has 1 aliphatic heterocycles. The van der Waals surface area contributed by atoms with E-state index in [9.17, 15) is 0 Å². The van der Waals surface area contributed by atoms with Gasteiger partial charge in [-0.05, 0) is 60.3 Å². The summed E-state index contributed by atoms with van der Waals surface area (Å²) in [5, 5.41) is 1.83. The number of aromatic nitrogens is 5. The molecule has 42 heavy (non-hydrogen) atoms. The minimum atomic E-state index is -1.23. The summed E-state index contributed by atoms with van der Waals surface area (Å²) in [6, 6.07) is 11.2. The minimum absolute atomic E-state index is 0.103. The zero-order valence-electron chi connectivity index (χ0n) is 23.9. The zero-order chi connectivity index (χ0) is 28.9. The summed E-state index contributed by atoms with van der Waals surface area (Å²) < 4.78 is 27.0. The maximum Gasteiger partial charge on any atom is 0.228 e. The molecule has 1 spiro atoms. The Hall–Kier alpha value is -3.73. The predicted octanol–water partition coefficient (Wildman–Crippen LogP) is 6.89. The van der Waals surface area contributed by atoms with E-state index < -0.39 is 8.07 Å². The second-order valence-corrected chi connectivity index (χ2v) is 18.3. The van der Waals surface area contributed by atoms with Crippen LogP contribution in [0.2, 0.25) is 31.0 Å². The molecule has 4 aromatic heterocycles. The van der Waals surface area contributed by atoms with Crippen molar-refractivity contribution in [2.24, 2.45) is 0 Å². The van der Waals surface area contributed by atoms with E-state index in [1.54, 1.807) is 18.6 Å². The van der Waals surface area contributed by atoms with Crippen LogP contribution in [-0.4, -0.2) is 51.4 Å². The first-order valence-corrected chi connectivity index (χ1v) is 18.3. The van der Waals surface area contributed by atoms with E-state index >= 15 is 0 Å². The molecule has 0 amide bonds. The van der Waals surface area contributed by atoms with Crippen LogP contribution >= 0.6 is 11.6 Å². The molecule has 0 atom stereocenters. The predicted molar refractivity (Wildman–Crippen MR) is 164 cm³/mol. The number of hydrogen-bond acceptors (Lipinski definition) is 8. The summed E-state index contributed by atoms with van der Waals surface area (Å²) in [6.07, 6.45) is 9.11. The van der Waals surface area contributed by atoms with Crippen LogP contribution < -0.4 is 14.2 Å². The Kier molecular flexibility index (Phi) is 6.79. The largest absolute Gasteiger partial charge is 0.488 e. The summed E-state index contributed by atoms with van der Waals surface area (Å²) in [5.41, 5.74) is 3.89. The Labute approximate surface area is 249 Å². The molecule has 1 aromatic carbocycles. The number of rotatable bonds is 5. The van der Waals surface area contributed by atoms with E-state index in [-0.39, 0.29) is 17.5 Å². The van der Waals surface area contributed by atoms with Crippen molar-refractivity contribution in [2.75, 3.05) is 13.2 Å². The molecule has 5 bridgehead atoms. The van der Waals surface area contributed by atoms with E-state index in [1.165, 1.54) is 0 Å². The van der Waals surface area contributed by atoms with Crippen LogP contribution in [0.5, 0.6) is 17.4 Å². The molecule has 0 radical (unpaired) electrons. The molecule has 5 heterocycles. The van der Waals surface area contributed by atoms with Crippen molar-refractivity contribution in [2.45, 2.75) is 57.5 Å². The summed E-state index contributed by atoms with van der Waals surface area (Å²) >= 11 is 6.45. The van der Waals surface area contributed by atoms with Gasteiger partial charge in [0, 0.05) is 43.6 Å². The smallest absolute Gasteiger partial charge is 0.228 e. The lowest BCUT2D eigenvalue weighted by atomic mass is 10.0. The Morgan fingerprint density at radius 3 is 2.74 bits per heavy atom. The maximum atomic E-state index is 6.45. The van der Waals surface area contributed by atoms with Gasteiger partial charge < -0.3 is 23.5 Å². The van der Waals surface area contributed by atoms with Crippen molar-refractivity contribution in [3.8, 4) is 28.5 Å². The minimum Gasteiger partial charge on any atom is -0.488 e. The van der Waals surface area contributed by atoms with E-state index in [1.807, 2.05) is 29.0 Å². The van der Waals surface area contributed by atoms with Gasteiger partial charge in [0.1, 0.15) is 37.0 Å². The van der Waals surface area contributed by atoms with Gasteiger partial charge in [0.25, 0.3) is 0 Å². The SMILES string of the molecule is C[Si](C)(C)CCOCn1cc2c3c(nc(Cl)nc31)OCc1cncc(c1)OCC1(CC1)Oc1cnc3ccc-2cc3c1. The highest BCUT2D eigenvalue weighted by molar-refractivity contribution is 6.76. The second-order valence-electron chi connectivity index (χ2n) is 12.3. The molecule has 11 heteroatoms. The third-order valence-corrected chi connectivity index (χ3v) is 9.51. The molecule has 2 aliphatic rings. The lowest BCUT2D eigenvalue weighted by molar-refractivity contribution is 0.0899. The van der Waals surface area contributed by atoms with Crippen LogP contribution in [0.15, 0.2) is 55.1 Å². The monoisotopic (exact) mass is 601 g/mol. The van der Waals surface area contributed by atoms with Crippen LogP contribution in [0, 0.1) is 0 Å². The third kappa shape index (κ3) is 5.66. The highest BCUT2D eigenvalue weighted by atomic mass is 35.5. The quantitative estimate of drug-likeness (QED) is 0.122. The fraction of sp³-hybridized carbons (Fsp3) is 0.355. The Morgan fingerprint density at radius 2 is 1.90 bits per heavy atom. The summed E-state index contributed by atoms with van der Waals surface area (Å²) in [6.45, 7) is 8.70. The van der Waals surface area contributed by atoms with Gasteiger partial charge >= 0.3 is 0 Å². The summed E-state index contributed by atoms with van der Waals surface area (Å²) in [5.74, 6) is 1.77. The number of benzene rings is 1. The number of nitrogens with zero attached hydrogens (tertiary/aromatic N) is 5. The molecule has 1 saturated carbocycles. The fourth-order valence-electron chi connectivity index (χ4n) is 5.08. The average molecular weight is 602 g/mol. The number of fused-ring (bicyclic) bond motifs is 5. The van der Waals surface area contributed by atoms with Gasteiger partial charge in [-0.3, -0.25) is 9.97 Å². The van der Waals surface area contributed by atoms with Crippen LogP contribution in [0.1, 0.15) is 18.4 Å². The molecule has 0 unspecified atom stereocenters. The molecule has 216 valence electrons. The van der Waals surface area contributed by atoms with E-state index in [0.29, 0.717) is 43.0 Å². The topological polar surface area (TPSA) is 93.4 Å². The van der Waals surface area contributed by atoms with Crippen molar-refractivity contribution in [3.63, 3.8) is 0 Å². The first-order chi connectivity index (χ1) is 20.2. The van der Waals surface area contributed by atoms with Gasteiger partial charge in [-0.25, -0.2) is 0 Å². The fourth-order valence-corrected chi connectivity index (χ4v) is 5.99. The van der Waals surface area contributed by atoms with Crippen molar-refractivity contribution >= 4 is 41.6 Å². The molecule has 0 N–H and O–H groups in total. The molecule has 9 nitrogen and oxygen atoms in total. The standard InChI is InChI=1S/C31H32ClN5O4Si/c1-42(2,3)9-8-38-19-37-16-25-21-4-5-26-22(11-21)12-24(15-34-26)41-31(6-7-31)18-40-23-10-20(13-33-14-23)17-39-29-27(25)28(37)35-30(32)36-29/h4-5,10-16H,6-9,17-19H2,1-3H3. The summed E-state index contributed by atoms with van der Waals surface area (Å²) in [4.78, 5) is 18.2. The molecule has 1 aliphatic carbocycles. The maximum absolute atomic E-state index is 6.45. The van der Waals surface area contributed by atoms with Crippen molar-refractivity contribution in [3.05, 3.63) is 66.0 Å². The number of ether oxygens (including phenoxy) is 4. The molecule has 5 aromatic rings. The van der Waals surface area contributed by atoms with Gasteiger partial charge in [0.2, 0.25) is 11.2 Å². The molecule has 0 saturated heterocycles. The normalized spacial score (nSPS) is 15.9.